The number of hydrogen-bond donors (Lipinski definition) is 0. The van der Waals surface area contributed by atoms with E-state index < -0.39 is 0 Å². The third kappa shape index (κ3) is 4.64. The predicted molar refractivity (Wildman–Crippen MR) is 249 cm³/mol. The van der Waals surface area contributed by atoms with Crippen LogP contribution in [0.1, 0.15) is 19.4 Å². The normalized spacial score (nSPS) is 18.3. The van der Waals surface area contributed by atoms with Gasteiger partial charge in [0.2, 0.25) is 0 Å². The lowest BCUT2D eigenvalue weighted by molar-refractivity contribution is 0.409. The summed E-state index contributed by atoms with van der Waals surface area (Å²) in [5.74, 6) is 0. The van der Waals surface area contributed by atoms with E-state index in [0.29, 0.717) is 0 Å². The molecule has 2 unspecified atom stereocenters. The quantitative estimate of drug-likeness (QED) is 0.170. The number of hydrogen-bond acceptors (Lipinski definition) is 1. The average Bonchev–Trinajstić information content (AvgIpc) is 3.88. The van der Waals surface area contributed by atoms with Crippen molar-refractivity contribution in [3.05, 3.63) is 218 Å². The fourth-order valence-corrected chi connectivity index (χ4v) is 10.5. The second-order valence-corrected chi connectivity index (χ2v) is 16.4. The standard InChI is InChI=1S/C56H41N3/c1-55-35-16-17-36-56(55,2)59(40-23-10-5-11-24-40)50-33-31-41(37-47(50)55)57-48-29-14-12-25-44(48)45-32-34-51-52(54(45)57)46-26-13-15-30-49(46)58(51)53-42(38-19-6-3-7-20-38)27-18-28-43(53)39-21-8-4-9-22-39/h3-37H,1-2H3. The van der Waals surface area contributed by atoms with Gasteiger partial charge in [-0.05, 0) is 79.1 Å². The second kappa shape index (κ2) is 12.6. The summed E-state index contributed by atoms with van der Waals surface area (Å²) < 4.78 is 5.07. The summed E-state index contributed by atoms with van der Waals surface area (Å²) in [4.78, 5) is 2.54. The Morgan fingerprint density at radius 2 is 1.02 bits per heavy atom. The maximum absolute atomic E-state index is 2.54. The molecule has 0 fully saturated rings. The van der Waals surface area contributed by atoms with Crippen LogP contribution < -0.4 is 4.90 Å². The number of nitrogens with zero attached hydrogens (tertiary/aromatic N) is 3. The van der Waals surface area contributed by atoms with Crippen molar-refractivity contribution in [3.8, 4) is 33.6 Å². The first-order valence-electron chi connectivity index (χ1n) is 20.6. The molecular weight excluding hydrogens is 715 g/mol. The topological polar surface area (TPSA) is 13.1 Å². The molecule has 3 heterocycles. The lowest BCUT2D eigenvalue weighted by atomic mass is 9.67. The Bertz CT molecular complexity index is 3290. The molecule has 0 spiro atoms. The van der Waals surface area contributed by atoms with Crippen molar-refractivity contribution in [2.24, 2.45) is 0 Å². The Hall–Kier alpha value is -7.36. The summed E-state index contributed by atoms with van der Waals surface area (Å²) in [6.45, 7) is 4.79. The third-order valence-electron chi connectivity index (χ3n) is 13.4. The zero-order valence-electron chi connectivity index (χ0n) is 33.0. The smallest absolute Gasteiger partial charge is 0.0737 e. The molecule has 59 heavy (non-hydrogen) atoms. The van der Waals surface area contributed by atoms with E-state index in [9.17, 15) is 0 Å². The monoisotopic (exact) mass is 755 g/mol. The molecule has 280 valence electrons. The van der Waals surface area contributed by atoms with E-state index in [0.717, 1.165) is 5.69 Å². The minimum absolute atomic E-state index is 0.262. The maximum Gasteiger partial charge on any atom is 0.0737 e. The van der Waals surface area contributed by atoms with Gasteiger partial charge < -0.3 is 14.0 Å². The Balaban J connectivity index is 1.19. The van der Waals surface area contributed by atoms with Crippen molar-refractivity contribution >= 4 is 55.0 Å². The molecule has 0 saturated heterocycles. The summed E-state index contributed by atoms with van der Waals surface area (Å²) in [6.07, 6.45) is 9.23. The third-order valence-corrected chi connectivity index (χ3v) is 13.4. The highest BCUT2D eigenvalue weighted by atomic mass is 15.2. The lowest BCUT2D eigenvalue weighted by Gasteiger charge is -2.45. The average molecular weight is 756 g/mol. The van der Waals surface area contributed by atoms with Crippen LogP contribution in [0.5, 0.6) is 0 Å². The number of anilines is 2. The highest BCUT2D eigenvalue weighted by Gasteiger charge is 2.55. The molecule has 12 rings (SSSR count). The lowest BCUT2D eigenvalue weighted by Crippen LogP contribution is -2.51. The zero-order chi connectivity index (χ0) is 39.3. The molecule has 8 aromatic carbocycles. The Labute approximate surface area is 344 Å². The first-order chi connectivity index (χ1) is 29.0. The molecule has 1 aliphatic carbocycles. The minimum Gasteiger partial charge on any atom is -0.331 e. The molecule has 0 N–H and O–H groups in total. The molecule has 3 nitrogen and oxygen atoms in total. The highest BCUT2D eigenvalue weighted by Crippen LogP contribution is 2.58. The second-order valence-electron chi connectivity index (χ2n) is 16.4. The molecule has 2 atom stereocenters. The van der Waals surface area contributed by atoms with Crippen molar-refractivity contribution in [1.29, 1.82) is 0 Å². The van der Waals surface area contributed by atoms with Crippen LogP contribution in [-0.4, -0.2) is 14.7 Å². The van der Waals surface area contributed by atoms with Gasteiger partial charge in [0, 0.05) is 55.1 Å². The van der Waals surface area contributed by atoms with E-state index in [2.05, 4.69) is 240 Å². The molecule has 2 aromatic heterocycles. The van der Waals surface area contributed by atoms with Gasteiger partial charge in [-0.15, -0.1) is 0 Å². The van der Waals surface area contributed by atoms with Gasteiger partial charge in [-0.1, -0.05) is 164 Å². The Morgan fingerprint density at radius 3 is 1.71 bits per heavy atom. The molecule has 1 aliphatic heterocycles. The van der Waals surface area contributed by atoms with Gasteiger partial charge in [0.1, 0.15) is 0 Å². The van der Waals surface area contributed by atoms with Crippen LogP contribution in [-0.2, 0) is 5.41 Å². The fraction of sp³-hybridized carbons (Fsp3) is 0.0714. The van der Waals surface area contributed by atoms with Crippen LogP contribution in [0.3, 0.4) is 0 Å². The van der Waals surface area contributed by atoms with E-state index in [1.807, 2.05) is 0 Å². The van der Waals surface area contributed by atoms with Crippen LogP contribution in [0.15, 0.2) is 212 Å². The van der Waals surface area contributed by atoms with Crippen LogP contribution in [0.25, 0.3) is 77.2 Å². The molecule has 3 heteroatoms. The first kappa shape index (κ1) is 33.7. The van der Waals surface area contributed by atoms with Crippen molar-refractivity contribution in [1.82, 2.24) is 9.13 Å². The van der Waals surface area contributed by atoms with Crippen molar-refractivity contribution in [2.45, 2.75) is 24.8 Å². The van der Waals surface area contributed by atoms with Gasteiger partial charge in [-0.2, -0.15) is 0 Å². The van der Waals surface area contributed by atoms with Crippen LogP contribution in [0.2, 0.25) is 0 Å². The summed E-state index contributed by atoms with van der Waals surface area (Å²) in [5.41, 5.74) is 15.1. The van der Waals surface area contributed by atoms with Gasteiger partial charge in [0.05, 0.1) is 33.3 Å². The minimum atomic E-state index is -0.284. The van der Waals surface area contributed by atoms with Crippen molar-refractivity contribution in [2.75, 3.05) is 4.90 Å². The molecule has 0 saturated carbocycles. The summed E-state index contributed by atoms with van der Waals surface area (Å²) >= 11 is 0. The first-order valence-corrected chi connectivity index (χ1v) is 20.6. The molecular formula is C56H41N3. The summed E-state index contributed by atoms with van der Waals surface area (Å²) in [5, 5.41) is 4.98. The van der Waals surface area contributed by atoms with Gasteiger partial charge in [0.25, 0.3) is 0 Å². The zero-order valence-corrected chi connectivity index (χ0v) is 33.0. The van der Waals surface area contributed by atoms with Gasteiger partial charge in [0.15, 0.2) is 0 Å². The summed E-state index contributed by atoms with van der Waals surface area (Å²) in [6, 6.07) is 69.1. The summed E-state index contributed by atoms with van der Waals surface area (Å²) in [7, 11) is 0. The molecule has 10 aromatic rings. The number of rotatable bonds is 5. The number of para-hydroxylation sites is 4. The van der Waals surface area contributed by atoms with Crippen LogP contribution >= 0.6 is 0 Å². The van der Waals surface area contributed by atoms with Crippen LogP contribution in [0.4, 0.5) is 11.4 Å². The Kier molecular flexibility index (Phi) is 7.19. The molecule has 0 radical (unpaired) electrons. The number of allylic oxidation sites excluding steroid dienone is 2. The highest BCUT2D eigenvalue weighted by molar-refractivity contribution is 6.26. The van der Waals surface area contributed by atoms with E-state index in [-0.39, 0.29) is 11.0 Å². The van der Waals surface area contributed by atoms with Gasteiger partial charge in [-0.25, -0.2) is 0 Å². The molecule has 2 aliphatic rings. The van der Waals surface area contributed by atoms with Gasteiger partial charge in [-0.3, -0.25) is 0 Å². The van der Waals surface area contributed by atoms with E-state index in [4.69, 9.17) is 0 Å². The van der Waals surface area contributed by atoms with E-state index >= 15 is 0 Å². The Morgan fingerprint density at radius 1 is 0.424 bits per heavy atom. The largest absolute Gasteiger partial charge is 0.331 e. The predicted octanol–water partition coefficient (Wildman–Crippen LogP) is 14.5. The van der Waals surface area contributed by atoms with Crippen molar-refractivity contribution in [3.63, 3.8) is 0 Å². The van der Waals surface area contributed by atoms with Crippen molar-refractivity contribution < 1.29 is 0 Å². The number of fused-ring (bicyclic) bond motifs is 10. The van der Waals surface area contributed by atoms with Crippen LogP contribution in [0, 0.1) is 0 Å². The fourth-order valence-electron chi connectivity index (χ4n) is 10.5. The van der Waals surface area contributed by atoms with Gasteiger partial charge >= 0.3 is 0 Å². The van der Waals surface area contributed by atoms with E-state index in [1.54, 1.807) is 0 Å². The maximum atomic E-state index is 2.54. The molecule has 0 amide bonds. The number of benzene rings is 8. The number of aromatic nitrogens is 2. The SMILES string of the molecule is CC12C=CC=CC1(C)N(c1ccccc1)c1ccc(-n3c4ccccc4c4ccc5c(c6ccccc6n5-c5c(-c6ccccc6)cccc5-c5ccccc5)c43)cc12. The van der Waals surface area contributed by atoms with E-state index in [1.165, 1.54) is 88.5 Å². The molecule has 0 bridgehead atoms.